The van der Waals surface area contributed by atoms with Gasteiger partial charge in [-0.05, 0) is 25.1 Å². The maximum absolute atomic E-state index is 12.3. The fourth-order valence-corrected chi connectivity index (χ4v) is 6.34. The zero-order valence-electron chi connectivity index (χ0n) is 11.2. The van der Waals surface area contributed by atoms with Gasteiger partial charge in [0, 0.05) is 6.54 Å². The summed E-state index contributed by atoms with van der Waals surface area (Å²) < 4.78 is 49.8. The van der Waals surface area contributed by atoms with Gasteiger partial charge < -0.3 is 5.32 Å². The molecule has 1 saturated heterocycles. The Morgan fingerprint density at radius 3 is 2.60 bits per heavy atom. The van der Waals surface area contributed by atoms with Crippen LogP contribution in [-0.4, -0.2) is 40.6 Å². The van der Waals surface area contributed by atoms with Gasteiger partial charge in [0.05, 0.1) is 22.4 Å². The Kier molecular flexibility index (Phi) is 4.36. The zero-order valence-corrected chi connectivity index (χ0v) is 12.8. The molecule has 0 spiro atoms. The Balaban J connectivity index is 2.21. The van der Waals surface area contributed by atoms with Gasteiger partial charge in [-0.2, -0.15) is 0 Å². The first-order valence-corrected chi connectivity index (χ1v) is 9.65. The van der Waals surface area contributed by atoms with Crippen molar-refractivity contribution in [2.24, 2.45) is 0 Å². The third kappa shape index (κ3) is 3.50. The highest BCUT2D eigenvalue weighted by Crippen LogP contribution is 2.23. The first-order valence-electron chi connectivity index (χ1n) is 6.28. The molecule has 1 unspecified atom stereocenters. The monoisotopic (exact) mass is 318 g/mol. The second-order valence-corrected chi connectivity index (χ2v) is 9.05. The van der Waals surface area contributed by atoms with Gasteiger partial charge in [-0.25, -0.2) is 16.8 Å². The normalized spacial score (nSPS) is 21.8. The lowest BCUT2D eigenvalue weighted by Gasteiger charge is -2.15. The molecule has 112 valence electrons. The number of para-hydroxylation sites is 1. The number of sulfonamides is 1. The molecule has 8 heteroatoms. The maximum Gasteiger partial charge on any atom is 0.236 e. The molecule has 1 atom stereocenters. The van der Waals surface area contributed by atoms with E-state index in [0.29, 0.717) is 12.2 Å². The van der Waals surface area contributed by atoms with Crippen molar-refractivity contribution in [1.82, 2.24) is 5.32 Å². The van der Waals surface area contributed by atoms with Crippen molar-refractivity contribution in [2.45, 2.75) is 18.2 Å². The minimum absolute atomic E-state index is 0.0588. The van der Waals surface area contributed by atoms with Crippen LogP contribution in [0.1, 0.15) is 12.0 Å². The van der Waals surface area contributed by atoms with E-state index in [1.54, 1.807) is 19.2 Å². The average molecular weight is 318 g/mol. The molecule has 1 aliphatic heterocycles. The predicted octanol–water partition coefficient (Wildman–Crippen LogP) is 0.335. The SMILES string of the molecule is CNCc1ccccc1NS(=O)(=O)C1CCS(=O)(=O)C1. The summed E-state index contributed by atoms with van der Waals surface area (Å²) in [6, 6.07) is 7.06. The van der Waals surface area contributed by atoms with Crippen molar-refractivity contribution in [2.75, 3.05) is 23.3 Å². The van der Waals surface area contributed by atoms with E-state index in [-0.39, 0.29) is 17.9 Å². The molecular formula is C12H18N2O4S2. The molecule has 1 aromatic carbocycles. The minimum Gasteiger partial charge on any atom is -0.316 e. The van der Waals surface area contributed by atoms with Crippen LogP contribution in [0.3, 0.4) is 0 Å². The van der Waals surface area contributed by atoms with Crippen molar-refractivity contribution in [3.05, 3.63) is 29.8 Å². The van der Waals surface area contributed by atoms with E-state index in [1.165, 1.54) is 0 Å². The van der Waals surface area contributed by atoms with E-state index >= 15 is 0 Å². The molecule has 20 heavy (non-hydrogen) atoms. The summed E-state index contributed by atoms with van der Waals surface area (Å²) in [7, 11) is -5.13. The molecule has 6 nitrogen and oxygen atoms in total. The van der Waals surface area contributed by atoms with Crippen molar-refractivity contribution in [3.63, 3.8) is 0 Å². The summed E-state index contributed by atoms with van der Waals surface area (Å²) in [5, 5.41) is 2.10. The summed E-state index contributed by atoms with van der Waals surface area (Å²) in [5.74, 6) is -0.354. The Bertz CT molecular complexity index is 683. The fraction of sp³-hybridized carbons (Fsp3) is 0.500. The van der Waals surface area contributed by atoms with Gasteiger partial charge in [-0.3, -0.25) is 4.72 Å². The average Bonchev–Trinajstić information content (AvgIpc) is 2.73. The van der Waals surface area contributed by atoms with Gasteiger partial charge in [0.25, 0.3) is 0 Å². The number of hydrogen-bond donors (Lipinski definition) is 2. The number of benzene rings is 1. The fourth-order valence-electron chi connectivity index (χ4n) is 2.21. The largest absolute Gasteiger partial charge is 0.316 e. The molecule has 1 heterocycles. The van der Waals surface area contributed by atoms with Crippen molar-refractivity contribution in [1.29, 1.82) is 0 Å². The van der Waals surface area contributed by atoms with Crippen LogP contribution < -0.4 is 10.0 Å². The Morgan fingerprint density at radius 2 is 2.00 bits per heavy atom. The Morgan fingerprint density at radius 1 is 1.30 bits per heavy atom. The van der Waals surface area contributed by atoms with Gasteiger partial charge in [0.1, 0.15) is 0 Å². The Hall–Kier alpha value is -1.12. The summed E-state index contributed by atoms with van der Waals surface area (Å²) in [5.41, 5.74) is 1.31. The quantitative estimate of drug-likeness (QED) is 0.816. The number of anilines is 1. The standard InChI is InChI=1S/C12H18N2O4S2/c1-13-8-10-4-2-3-5-12(10)14-20(17,18)11-6-7-19(15,16)9-11/h2-5,11,13-14H,6-9H2,1H3. The predicted molar refractivity (Wildman–Crippen MR) is 78.8 cm³/mol. The molecular weight excluding hydrogens is 300 g/mol. The zero-order chi connectivity index (χ0) is 14.8. The molecule has 0 amide bonds. The molecule has 0 aliphatic carbocycles. The van der Waals surface area contributed by atoms with Crippen LogP contribution in [0.5, 0.6) is 0 Å². The van der Waals surface area contributed by atoms with Crippen LogP contribution in [0.15, 0.2) is 24.3 Å². The van der Waals surface area contributed by atoms with Crippen molar-refractivity contribution < 1.29 is 16.8 Å². The minimum atomic E-state index is -3.68. The second kappa shape index (κ2) is 5.71. The summed E-state index contributed by atoms with van der Waals surface area (Å²) >= 11 is 0. The van der Waals surface area contributed by atoms with Gasteiger partial charge in [0.15, 0.2) is 9.84 Å². The molecule has 1 aromatic rings. The summed E-state index contributed by atoms with van der Waals surface area (Å²) in [6.07, 6.45) is 0.159. The molecule has 0 radical (unpaired) electrons. The van der Waals surface area contributed by atoms with Crippen molar-refractivity contribution >= 4 is 25.5 Å². The van der Waals surface area contributed by atoms with Crippen LogP contribution in [0.25, 0.3) is 0 Å². The third-order valence-corrected chi connectivity index (χ3v) is 7.03. The first kappa shape index (κ1) is 15.3. The van der Waals surface area contributed by atoms with E-state index in [9.17, 15) is 16.8 Å². The van der Waals surface area contributed by atoms with Crippen LogP contribution in [0.4, 0.5) is 5.69 Å². The first-order chi connectivity index (χ1) is 9.34. The van der Waals surface area contributed by atoms with Gasteiger partial charge >= 0.3 is 0 Å². The van der Waals surface area contributed by atoms with E-state index in [0.717, 1.165) is 5.56 Å². The summed E-state index contributed by atoms with van der Waals surface area (Å²) in [6.45, 7) is 0.529. The van der Waals surface area contributed by atoms with Gasteiger partial charge in [0.2, 0.25) is 10.0 Å². The molecule has 1 aliphatic rings. The third-order valence-electron chi connectivity index (χ3n) is 3.27. The van der Waals surface area contributed by atoms with Crippen LogP contribution >= 0.6 is 0 Å². The van der Waals surface area contributed by atoms with Gasteiger partial charge in [-0.15, -0.1) is 0 Å². The molecule has 0 aromatic heterocycles. The maximum atomic E-state index is 12.3. The van der Waals surface area contributed by atoms with Crippen molar-refractivity contribution in [3.8, 4) is 0 Å². The van der Waals surface area contributed by atoms with E-state index in [1.807, 2.05) is 12.1 Å². The van der Waals surface area contributed by atoms with E-state index in [4.69, 9.17) is 0 Å². The van der Waals surface area contributed by atoms with E-state index < -0.39 is 25.1 Å². The number of sulfone groups is 1. The number of nitrogens with one attached hydrogen (secondary N) is 2. The second-order valence-electron chi connectivity index (χ2n) is 4.86. The highest BCUT2D eigenvalue weighted by atomic mass is 32.2. The summed E-state index contributed by atoms with van der Waals surface area (Å²) in [4.78, 5) is 0. The molecule has 0 bridgehead atoms. The lowest BCUT2D eigenvalue weighted by molar-refractivity contribution is 0.587. The number of rotatable bonds is 5. The lowest BCUT2D eigenvalue weighted by Crippen LogP contribution is -2.29. The van der Waals surface area contributed by atoms with Crippen LogP contribution in [-0.2, 0) is 26.4 Å². The topological polar surface area (TPSA) is 92.3 Å². The Labute approximate surface area is 119 Å². The van der Waals surface area contributed by atoms with Crippen LogP contribution in [0.2, 0.25) is 0 Å². The smallest absolute Gasteiger partial charge is 0.236 e. The van der Waals surface area contributed by atoms with Crippen LogP contribution in [0, 0.1) is 0 Å². The molecule has 2 N–H and O–H groups in total. The molecule has 1 fully saturated rings. The highest BCUT2D eigenvalue weighted by Gasteiger charge is 2.37. The lowest BCUT2D eigenvalue weighted by atomic mass is 10.2. The van der Waals surface area contributed by atoms with E-state index in [2.05, 4.69) is 10.0 Å². The van der Waals surface area contributed by atoms with Gasteiger partial charge in [-0.1, -0.05) is 18.2 Å². The molecule has 2 rings (SSSR count). The highest BCUT2D eigenvalue weighted by molar-refractivity contribution is 7.97. The number of hydrogen-bond acceptors (Lipinski definition) is 5. The molecule has 0 saturated carbocycles.